The van der Waals surface area contributed by atoms with E-state index in [1.54, 1.807) is 65.3 Å². The van der Waals surface area contributed by atoms with Gasteiger partial charge in [-0.15, -0.1) is 0 Å². The van der Waals surface area contributed by atoms with Gasteiger partial charge in [0.15, 0.2) is 9.84 Å². The van der Waals surface area contributed by atoms with E-state index in [-0.39, 0.29) is 10.6 Å². The Hall–Kier alpha value is -3.09. The summed E-state index contributed by atoms with van der Waals surface area (Å²) in [5.41, 5.74) is 4.05. The molecule has 0 amide bonds. The zero-order chi connectivity index (χ0) is 20.6. The highest BCUT2D eigenvalue weighted by Crippen LogP contribution is 2.30. The average molecular weight is 425 g/mol. The van der Waals surface area contributed by atoms with Gasteiger partial charge in [0.05, 0.1) is 22.0 Å². The van der Waals surface area contributed by atoms with Crippen LogP contribution in [-0.2, 0) is 9.84 Å². The minimum absolute atomic E-state index is 0.183. The highest BCUT2D eigenvalue weighted by Gasteiger charge is 2.14. The van der Waals surface area contributed by atoms with E-state index in [4.69, 9.17) is 16.7 Å². The quantitative estimate of drug-likeness (QED) is 0.502. The molecular weight excluding hydrogens is 408 g/mol. The van der Waals surface area contributed by atoms with Crippen molar-refractivity contribution in [1.29, 1.82) is 0 Å². The fourth-order valence-corrected chi connectivity index (χ4v) is 3.77. The van der Waals surface area contributed by atoms with Crippen LogP contribution in [0.5, 0.6) is 5.75 Å². The first-order chi connectivity index (χ1) is 13.8. The van der Waals surface area contributed by atoms with Crippen LogP contribution in [0.3, 0.4) is 0 Å². The number of halogens is 1. The molecule has 7 heteroatoms. The number of nitrogens with zero attached hydrogens (tertiary/aromatic N) is 2. The van der Waals surface area contributed by atoms with Crippen molar-refractivity contribution in [2.45, 2.75) is 4.90 Å². The summed E-state index contributed by atoms with van der Waals surface area (Å²) in [7, 11) is -3.28. The SMILES string of the molecule is CS(=O)(=O)c1ccc(-n2nc(-c3ccc(O)cc3)cc2-c2ccc(Cl)cc2)cc1. The van der Waals surface area contributed by atoms with Crippen molar-refractivity contribution in [3.8, 4) is 34.0 Å². The molecule has 1 N–H and O–H groups in total. The standard InChI is InChI=1S/C22H17ClN2O3S/c1-29(27,28)20-12-8-18(9-13-20)25-22(16-2-6-17(23)7-3-16)14-21(24-25)15-4-10-19(26)11-5-15/h2-14,26H,1H3. The molecule has 0 aliphatic heterocycles. The van der Waals surface area contributed by atoms with E-state index < -0.39 is 9.84 Å². The minimum Gasteiger partial charge on any atom is -0.508 e. The molecular formula is C22H17ClN2O3S. The number of phenols is 1. The maximum atomic E-state index is 11.8. The first-order valence-corrected chi connectivity index (χ1v) is 11.0. The molecule has 0 aliphatic carbocycles. The molecule has 146 valence electrons. The highest BCUT2D eigenvalue weighted by atomic mass is 35.5. The largest absolute Gasteiger partial charge is 0.508 e. The zero-order valence-corrected chi connectivity index (χ0v) is 17.0. The number of aromatic nitrogens is 2. The molecule has 0 radical (unpaired) electrons. The Bertz CT molecular complexity index is 1260. The van der Waals surface area contributed by atoms with Crippen molar-refractivity contribution in [2.24, 2.45) is 0 Å². The minimum atomic E-state index is -3.28. The third kappa shape index (κ3) is 4.04. The second-order valence-electron chi connectivity index (χ2n) is 6.65. The van der Waals surface area contributed by atoms with Crippen LogP contribution in [0.15, 0.2) is 83.8 Å². The van der Waals surface area contributed by atoms with Crippen LogP contribution in [0.1, 0.15) is 0 Å². The number of benzene rings is 3. The number of phenolic OH excluding ortho intramolecular Hbond substituents is 1. The Morgan fingerprint density at radius 1 is 0.862 bits per heavy atom. The summed E-state index contributed by atoms with van der Waals surface area (Å²) in [4.78, 5) is 0.250. The third-order valence-electron chi connectivity index (χ3n) is 4.52. The van der Waals surface area contributed by atoms with Crippen LogP contribution in [-0.4, -0.2) is 29.6 Å². The van der Waals surface area contributed by atoms with Crippen molar-refractivity contribution < 1.29 is 13.5 Å². The van der Waals surface area contributed by atoms with Gasteiger partial charge >= 0.3 is 0 Å². The van der Waals surface area contributed by atoms with E-state index in [9.17, 15) is 13.5 Å². The first kappa shape index (κ1) is 19.2. The molecule has 4 rings (SSSR count). The van der Waals surface area contributed by atoms with Crippen molar-refractivity contribution in [3.63, 3.8) is 0 Å². The molecule has 3 aromatic carbocycles. The summed E-state index contributed by atoms with van der Waals surface area (Å²) in [5, 5.41) is 14.9. The normalized spacial score (nSPS) is 11.5. The van der Waals surface area contributed by atoms with Crippen LogP contribution in [0.25, 0.3) is 28.2 Å². The fraction of sp³-hybridized carbons (Fsp3) is 0.0455. The molecule has 5 nitrogen and oxygen atoms in total. The van der Waals surface area contributed by atoms with Gasteiger partial charge in [0.2, 0.25) is 0 Å². The summed E-state index contributed by atoms with van der Waals surface area (Å²) >= 11 is 6.03. The van der Waals surface area contributed by atoms with E-state index in [2.05, 4.69) is 0 Å². The molecule has 0 fully saturated rings. The van der Waals surface area contributed by atoms with Gasteiger partial charge in [-0.1, -0.05) is 23.7 Å². The van der Waals surface area contributed by atoms with Crippen LogP contribution in [0.4, 0.5) is 0 Å². The van der Waals surface area contributed by atoms with Gasteiger partial charge in [-0.25, -0.2) is 13.1 Å². The molecule has 0 bridgehead atoms. The molecule has 0 atom stereocenters. The van der Waals surface area contributed by atoms with Crippen LogP contribution in [0, 0.1) is 0 Å². The van der Waals surface area contributed by atoms with E-state index in [0.717, 1.165) is 28.2 Å². The average Bonchev–Trinajstić information content (AvgIpc) is 3.14. The molecule has 0 unspecified atom stereocenters. The summed E-state index contributed by atoms with van der Waals surface area (Å²) in [6, 6.07) is 22.8. The van der Waals surface area contributed by atoms with Crippen molar-refractivity contribution in [3.05, 3.63) is 83.9 Å². The lowest BCUT2D eigenvalue weighted by Gasteiger charge is -2.08. The van der Waals surface area contributed by atoms with E-state index in [1.165, 1.54) is 6.26 Å². The summed E-state index contributed by atoms with van der Waals surface area (Å²) < 4.78 is 25.3. The van der Waals surface area contributed by atoms with Gasteiger partial charge in [0.25, 0.3) is 0 Å². The predicted octanol–water partition coefficient (Wildman–Crippen LogP) is 4.97. The van der Waals surface area contributed by atoms with Crippen LogP contribution >= 0.6 is 11.6 Å². The third-order valence-corrected chi connectivity index (χ3v) is 5.90. The van der Waals surface area contributed by atoms with Gasteiger partial charge in [-0.3, -0.25) is 0 Å². The van der Waals surface area contributed by atoms with Crippen LogP contribution in [0.2, 0.25) is 5.02 Å². The summed E-state index contributed by atoms with van der Waals surface area (Å²) in [6.07, 6.45) is 1.18. The van der Waals surface area contributed by atoms with Gasteiger partial charge in [0, 0.05) is 22.4 Å². The Morgan fingerprint density at radius 3 is 2.03 bits per heavy atom. The van der Waals surface area contributed by atoms with E-state index in [1.807, 2.05) is 18.2 Å². The van der Waals surface area contributed by atoms with Gasteiger partial charge in [-0.2, -0.15) is 5.10 Å². The second kappa shape index (κ2) is 7.39. The molecule has 1 heterocycles. The predicted molar refractivity (Wildman–Crippen MR) is 114 cm³/mol. The molecule has 4 aromatic rings. The second-order valence-corrected chi connectivity index (χ2v) is 9.10. The number of rotatable bonds is 4. The lowest BCUT2D eigenvalue weighted by atomic mass is 10.1. The van der Waals surface area contributed by atoms with E-state index >= 15 is 0 Å². The number of sulfone groups is 1. The van der Waals surface area contributed by atoms with E-state index in [0.29, 0.717) is 5.02 Å². The Morgan fingerprint density at radius 2 is 1.45 bits per heavy atom. The highest BCUT2D eigenvalue weighted by molar-refractivity contribution is 7.90. The van der Waals surface area contributed by atoms with Gasteiger partial charge < -0.3 is 5.11 Å². The molecule has 0 saturated carbocycles. The van der Waals surface area contributed by atoms with Crippen molar-refractivity contribution in [1.82, 2.24) is 9.78 Å². The zero-order valence-electron chi connectivity index (χ0n) is 15.4. The molecule has 0 spiro atoms. The Labute approximate surface area is 173 Å². The summed E-state index contributed by atoms with van der Waals surface area (Å²) in [5.74, 6) is 0.183. The number of hydrogen-bond acceptors (Lipinski definition) is 4. The molecule has 0 aliphatic rings. The Kier molecular flexibility index (Phi) is 4.90. The lowest BCUT2D eigenvalue weighted by molar-refractivity contribution is 0.475. The molecule has 0 saturated heterocycles. The molecule has 29 heavy (non-hydrogen) atoms. The van der Waals surface area contributed by atoms with Gasteiger partial charge in [-0.05, 0) is 66.7 Å². The monoisotopic (exact) mass is 424 g/mol. The Balaban J connectivity index is 1.86. The lowest BCUT2D eigenvalue weighted by Crippen LogP contribution is -2.01. The van der Waals surface area contributed by atoms with Gasteiger partial charge in [0.1, 0.15) is 5.75 Å². The fourth-order valence-electron chi connectivity index (χ4n) is 3.01. The first-order valence-electron chi connectivity index (χ1n) is 8.77. The number of hydrogen-bond donors (Lipinski definition) is 1. The number of aromatic hydroxyl groups is 1. The smallest absolute Gasteiger partial charge is 0.175 e. The maximum absolute atomic E-state index is 11.8. The topological polar surface area (TPSA) is 72.2 Å². The summed E-state index contributed by atoms with van der Waals surface area (Å²) in [6.45, 7) is 0. The van der Waals surface area contributed by atoms with Crippen LogP contribution < -0.4 is 0 Å². The maximum Gasteiger partial charge on any atom is 0.175 e. The van der Waals surface area contributed by atoms with Crippen molar-refractivity contribution in [2.75, 3.05) is 6.26 Å². The molecule has 1 aromatic heterocycles. The van der Waals surface area contributed by atoms with Crippen molar-refractivity contribution >= 4 is 21.4 Å².